The van der Waals surface area contributed by atoms with Gasteiger partial charge in [-0.2, -0.15) is 5.10 Å². The van der Waals surface area contributed by atoms with Crippen LogP contribution in [0.3, 0.4) is 0 Å². The average molecular weight is 289 g/mol. The van der Waals surface area contributed by atoms with E-state index in [2.05, 4.69) is 14.6 Å². The topological polar surface area (TPSA) is 90.3 Å². The van der Waals surface area contributed by atoms with Crippen LogP contribution >= 0.6 is 0 Å². The fourth-order valence-corrected chi connectivity index (χ4v) is 2.61. The summed E-state index contributed by atoms with van der Waals surface area (Å²) in [4.78, 5) is 10.9. The second-order valence-electron chi connectivity index (χ2n) is 4.17. The zero-order valence-corrected chi connectivity index (χ0v) is 11.9. The summed E-state index contributed by atoms with van der Waals surface area (Å²) in [5, 5.41) is 4.00. The Kier molecular flexibility index (Phi) is 5.97. The highest BCUT2D eigenvalue weighted by atomic mass is 32.2. The molecule has 0 radical (unpaired) electrons. The van der Waals surface area contributed by atoms with Gasteiger partial charge in [-0.25, -0.2) is 13.1 Å². The summed E-state index contributed by atoms with van der Waals surface area (Å²) in [7, 11) is -0.247. The molecule has 19 heavy (non-hydrogen) atoms. The van der Waals surface area contributed by atoms with Crippen molar-refractivity contribution in [2.75, 3.05) is 19.4 Å². The maximum atomic E-state index is 11.6. The molecule has 0 bridgehead atoms. The molecule has 1 N–H and O–H groups in total. The van der Waals surface area contributed by atoms with E-state index in [0.717, 1.165) is 5.56 Å². The minimum Gasteiger partial charge on any atom is -0.469 e. The summed E-state index contributed by atoms with van der Waals surface area (Å²) in [5.74, 6) is -0.472. The molecule has 0 atom stereocenters. The first-order valence-corrected chi connectivity index (χ1v) is 7.60. The van der Waals surface area contributed by atoms with Crippen LogP contribution < -0.4 is 4.72 Å². The number of hydrogen-bond acceptors (Lipinski definition) is 5. The predicted octanol–water partition coefficient (Wildman–Crippen LogP) is -0.165. The van der Waals surface area contributed by atoms with Gasteiger partial charge in [-0.3, -0.25) is 9.48 Å². The van der Waals surface area contributed by atoms with Crippen LogP contribution in [0.25, 0.3) is 0 Å². The van der Waals surface area contributed by atoms with Crippen molar-refractivity contribution < 1.29 is 17.9 Å². The summed E-state index contributed by atoms with van der Waals surface area (Å²) < 4.78 is 31.8. The summed E-state index contributed by atoms with van der Waals surface area (Å²) >= 11 is 0. The van der Waals surface area contributed by atoms with E-state index in [-0.39, 0.29) is 18.6 Å². The molecule has 108 valence electrons. The molecule has 0 fully saturated rings. The molecule has 1 aromatic heterocycles. The Balaban J connectivity index is 2.25. The number of methoxy groups -OCH3 is 1. The van der Waals surface area contributed by atoms with Crippen molar-refractivity contribution in [3.63, 3.8) is 0 Å². The number of nitrogens with one attached hydrogen (secondary N) is 1. The van der Waals surface area contributed by atoms with Gasteiger partial charge in [0.1, 0.15) is 0 Å². The lowest BCUT2D eigenvalue weighted by molar-refractivity contribution is -0.140. The number of nitrogens with zero attached hydrogens (tertiary/aromatic N) is 2. The number of aryl methyl sites for hydroxylation is 1. The molecule has 0 unspecified atom stereocenters. The van der Waals surface area contributed by atoms with Gasteiger partial charge in [0.2, 0.25) is 10.0 Å². The molecule has 0 amide bonds. The van der Waals surface area contributed by atoms with Crippen LogP contribution in [0.2, 0.25) is 0 Å². The van der Waals surface area contributed by atoms with Gasteiger partial charge in [0, 0.05) is 26.2 Å². The van der Waals surface area contributed by atoms with Crippen molar-refractivity contribution in [1.82, 2.24) is 14.5 Å². The van der Waals surface area contributed by atoms with Crippen molar-refractivity contribution in [2.24, 2.45) is 7.05 Å². The van der Waals surface area contributed by atoms with Crippen LogP contribution in [0, 0.1) is 0 Å². The number of ether oxygens (including phenoxy) is 1. The van der Waals surface area contributed by atoms with Crippen LogP contribution in [-0.4, -0.2) is 43.6 Å². The van der Waals surface area contributed by atoms with Gasteiger partial charge < -0.3 is 4.74 Å². The zero-order valence-electron chi connectivity index (χ0n) is 11.1. The van der Waals surface area contributed by atoms with Gasteiger partial charge in [-0.15, -0.1) is 0 Å². The molecule has 0 saturated heterocycles. The lowest BCUT2D eigenvalue weighted by Gasteiger charge is -2.05. The number of carbonyl (C=O) groups is 1. The Labute approximate surface area is 113 Å². The molecule has 0 aliphatic carbocycles. The maximum Gasteiger partial charge on any atom is 0.305 e. The van der Waals surface area contributed by atoms with Gasteiger partial charge in [0.25, 0.3) is 0 Å². The Morgan fingerprint density at radius 2 is 2.26 bits per heavy atom. The number of esters is 1. The lowest BCUT2D eigenvalue weighted by Crippen LogP contribution is -2.28. The summed E-state index contributed by atoms with van der Waals surface area (Å²) in [5.41, 5.74) is 0.972. The SMILES string of the molecule is COC(=O)CCCS(=O)(=O)NCCc1cnn(C)c1. The van der Waals surface area contributed by atoms with E-state index < -0.39 is 16.0 Å². The first-order valence-electron chi connectivity index (χ1n) is 5.94. The Morgan fingerprint density at radius 3 is 2.84 bits per heavy atom. The number of hydrogen-bond donors (Lipinski definition) is 1. The number of rotatable bonds is 8. The van der Waals surface area contributed by atoms with Crippen LogP contribution in [0.5, 0.6) is 0 Å². The number of aromatic nitrogens is 2. The van der Waals surface area contributed by atoms with Crippen LogP contribution in [0.4, 0.5) is 0 Å². The fourth-order valence-electron chi connectivity index (χ4n) is 1.53. The monoisotopic (exact) mass is 289 g/mol. The molecule has 0 spiro atoms. The first kappa shape index (κ1) is 15.6. The molecule has 0 aliphatic rings. The summed E-state index contributed by atoms with van der Waals surface area (Å²) in [6.45, 7) is 0.326. The van der Waals surface area contributed by atoms with Crippen LogP contribution in [0.15, 0.2) is 12.4 Å². The molecule has 8 heteroatoms. The fraction of sp³-hybridized carbons (Fsp3) is 0.636. The first-order chi connectivity index (χ1) is 8.93. The largest absolute Gasteiger partial charge is 0.469 e. The Hall–Kier alpha value is -1.41. The van der Waals surface area contributed by atoms with Crippen molar-refractivity contribution >= 4 is 16.0 Å². The zero-order chi connectivity index (χ0) is 14.3. The van der Waals surface area contributed by atoms with Gasteiger partial charge in [-0.1, -0.05) is 0 Å². The minimum absolute atomic E-state index is 0.0743. The van der Waals surface area contributed by atoms with Gasteiger partial charge in [-0.05, 0) is 18.4 Å². The third-order valence-corrected chi connectivity index (χ3v) is 3.99. The van der Waals surface area contributed by atoms with Crippen LogP contribution in [0.1, 0.15) is 18.4 Å². The van der Waals surface area contributed by atoms with Crippen molar-refractivity contribution in [3.8, 4) is 0 Å². The molecule has 0 saturated carbocycles. The highest BCUT2D eigenvalue weighted by molar-refractivity contribution is 7.89. The maximum absolute atomic E-state index is 11.6. The third kappa shape index (κ3) is 6.35. The van der Waals surface area contributed by atoms with E-state index in [4.69, 9.17) is 0 Å². The summed E-state index contributed by atoms with van der Waals surface area (Å²) in [6, 6.07) is 0. The number of carbonyl (C=O) groups excluding carboxylic acids is 1. The van der Waals surface area contributed by atoms with E-state index in [1.807, 2.05) is 6.20 Å². The van der Waals surface area contributed by atoms with Gasteiger partial charge in [0.15, 0.2) is 0 Å². The van der Waals surface area contributed by atoms with E-state index in [9.17, 15) is 13.2 Å². The van der Waals surface area contributed by atoms with Gasteiger partial charge in [0.05, 0.1) is 19.1 Å². The second kappa shape index (κ2) is 7.25. The molecule has 0 aromatic carbocycles. The highest BCUT2D eigenvalue weighted by Crippen LogP contribution is 1.99. The van der Waals surface area contributed by atoms with Crippen LogP contribution in [-0.2, 0) is 33.0 Å². The molecule has 1 aromatic rings. The highest BCUT2D eigenvalue weighted by Gasteiger charge is 2.11. The smallest absolute Gasteiger partial charge is 0.305 e. The molecule has 0 aliphatic heterocycles. The van der Waals surface area contributed by atoms with Gasteiger partial charge >= 0.3 is 5.97 Å². The minimum atomic E-state index is -3.33. The Morgan fingerprint density at radius 1 is 1.53 bits per heavy atom. The van der Waals surface area contributed by atoms with Crippen molar-refractivity contribution in [3.05, 3.63) is 18.0 Å². The van der Waals surface area contributed by atoms with E-state index in [1.54, 1.807) is 17.9 Å². The third-order valence-electron chi connectivity index (χ3n) is 2.52. The average Bonchev–Trinajstić information content (AvgIpc) is 2.74. The molecule has 1 rings (SSSR count). The summed E-state index contributed by atoms with van der Waals surface area (Å²) in [6.07, 6.45) is 4.50. The second-order valence-corrected chi connectivity index (χ2v) is 6.09. The Bertz CT molecular complexity index is 510. The van der Waals surface area contributed by atoms with E-state index in [0.29, 0.717) is 13.0 Å². The van der Waals surface area contributed by atoms with E-state index in [1.165, 1.54) is 7.11 Å². The molecular formula is C11H19N3O4S. The van der Waals surface area contributed by atoms with E-state index >= 15 is 0 Å². The molecule has 7 nitrogen and oxygen atoms in total. The van der Waals surface area contributed by atoms with Crippen molar-refractivity contribution in [2.45, 2.75) is 19.3 Å². The standard InChI is InChI=1S/C11H19N3O4S/c1-14-9-10(8-12-14)5-6-13-19(16,17)7-3-4-11(15)18-2/h8-9,13H,3-7H2,1-2H3. The molecule has 1 heterocycles. The quantitative estimate of drug-likeness (QED) is 0.671. The van der Waals surface area contributed by atoms with Crippen molar-refractivity contribution in [1.29, 1.82) is 0 Å². The number of sulfonamides is 1. The lowest BCUT2D eigenvalue weighted by atomic mass is 10.3. The normalized spacial score (nSPS) is 11.5. The predicted molar refractivity (Wildman–Crippen MR) is 70.0 cm³/mol. The molecular weight excluding hydrogens is 270 g/mol.